The highest BCUT2D eigenvalue weighted by atomic mass is 79.9. The fourth-order valence-corrected chi connectivity index (χ4v) is 3.77. The fraction of sp³-hybridized carbons (Fsp3) is 0.381. The van der Waals surface area contributed by atoms with Gasteiger partial charge in [-0.2, -0.15) is 9.78 Å². The summed E-state index contributed by atoms with van der Waals surface area (Å²) in [7, 11) is 0. The number of hydrogen-bond acceptors (Lipinski definition) is 5. The lowest BCUT2D eigenvalue weighted by molar-refractivity contribution is 0.548. The number of nitrogens with zero attached hydrogens (tertiary/aromatic N) is 4. The van der Waals surface area contributed by atoms with Crippen molar-refractivity contribution in [1.29, 1.82) is 0 Å². The summed E-state index contributed by atoms with van der Waals surface area (Å²) < 4.78 is 8.14. The zero-order valence-corrected chi connectivity index (χ0v) is 17.6. The van der Waals surface area contributed by atoms with Crippen molar-refractivity contribution in [2.75, 3.05) is 18.0 Å². The van der Waals surface area contributed by atoms with E-state index in [1.165, 1.54) is 17.5 Å². The summed E-state index contributed by atoms with van der Waals surface area (Å²) in [6.07, 6.45) is 4.84. The second-order valence-corrected chi connectivity index (χ2v) is 8.09. The van der Waals surface area contributed by atoms with Crippen molar-refractivity contribution >= 4 is 38.9 Å². The number of fused-ring (bicyclic) bond motifs is 1. The number of halogens is 1. The van der Waals surface area contributed by atoms with Gasteiger partial charge in [-0.05, 0) is 43.5 Å². The Morgan fingerprint density at radius 2 is 2.07 bits per heavy atom. The Balaban J connectivity index is 1.75. The molecule has 0 radical (unpaired) electrons. The maximum absolute atomic E-state index is 13.1. The molecule has 0 spiro atoms. The Morgan fingerprint density at radius 1 is 1.29 bits per heavy atom. The molecule has 0 amide bonds. The standard InChI is InChI=1S/C21H23BrN4O2/c1-3-14(2)20-24-18-8-6-15(22)12-17(18)21(27)26(20)23-13-16-7-9-19(28-16)25-10-4-5-11-25/h6-9,12-14H,3-5,10-11H2,1-2H3/t14-/m1/s1. The topological polar surface area (TPSA) is 63.6 Å². The molecule has 0 N–H and O–H groups in total. The molecule has 1 saturated heterocycles. The van der Waals surface area contributed by atoms with Crippen LogP contribution in [-0.2, 0) is 0 Å². The van der Waals surface area contributed by atoms with Crippen molar-refractivity contribution in [1.82, 2.24) is 9.66 Å². The number of hydrogen-bond donors (Lipinski definition) is 0. The molecule has 3 heterocycles. The molecule has 2 aromatic heterocycles. The zero-order chi connectivity index (χ0) is 19.7. The molecule has 0 saturated carbocycles. The first-order valence-electron chi connectivity index (χ1n) is 9.68. The van der Waals surface area contributed by atoms with E-state index >= 15 is 0 Å². The van der Waals surface area contributed by atoms with E-state index in [9.17, 15) is 4.79 Å². The van der Waals surface area contributed by atoms with Crippen LogP contribution in [0.3, 0.4) is 0 Å². The first-order chi connectivity index (χ1) is 13.6. The Bertz CT molecular complexity index is 1080. The van der Waals surface area contributed by atoms with Gasteiger partial charge in [0.15, 0.2) is 5.88 Å². The van der Waals surface area contributed by atoms with E-state index in [-0.39, 0.29) is 11.5 Å². The molecule has 1 atom stereocenters. The highest BCUT2D eigenvalue weighted by Gasteiger charge is 2.17. The van der Waals surface area contributed by atoms with Gasteiger partial charge >= 0.3 is 0 Å². The van der Waals surface area contributed by atoms with Crippen molar-refractivity contribution in [2.45, 2.75) is 39.0 Å². The number of furan rings is 1. The maximum atomic E-state index is 13.1. The average molecular weight is 443 g/mol. The summed E-state index contributed by atoms with van der Waals surface area (Å²) in [5.41, 5.74) is 0.508. The van der Waals surface area contributed by atoms with Crippen LogP contribution in [0.15, 0.2) is 49.1 Å². The third-order valence-corrected chi connectivity index (χ3v) is 5.71. The molecule has 3 aromatic rings. The lowest BCUT2D eigenvalue weighted by Crippen LogP contribution is -2.23. The van der Waals surface area contributed by atoms with Gasteiger partial charge in [0.25, 0.3) is 5.56 Å². The Labute approximate surface area is 172 Å². The van der Waals surface area contributed by atoms with E-state index in [1.807, 2.05) is 24.3 Å². The van der Waals surface area contributed by atoms with Crippen molar-refractivity contribution in [3.63, 3.8) is 0 Å². The van der Waals surface area contributed by atoms with Crippen LogP contribution in [-0.4, -0.2) is 29.0 Å². The van der Waals surface area contributed by atoms with Gasteiger partial charge in [-0.15, -0.1) is 0 Å². The van der Waals surface area contributed by atoms with Gasteiger partial charge in [-0.25, -0.2) is 4.98 Å². The second-order valence-electron chi connectivity index (χ2n) is 7.17. The van der Waals surface area contributed by atoms with E-state index in [0.717, 1.165) is 29.9 Å². The monoisotopic (exact) mass is 442 g/mol. The van der Waals surface area contributed by atoms with Gasteiger partial charge in [0, 0.05) is 29.5 Å². The number of aromatic nitrogens is 2. The van der Waals surface area contributed by atoms with Crippen LogP contribution in [0.2, 0.25) is 0 Å². The van der Waals surface area contributed by atoms with Crippen LogP contribution in [0, 0.1) is 0 Å². The van der Waals surface area contributed by atoms with Gasteiger partial charge in [-0.3, -0.25) is 4.79 Å². The molecule has 1 fully saturated rings. The minimum absolute atomic E-state index is 0.106. The van der Waals surface area contributed by atoms with Gasteiger partial charge in [0.05, 0.1) is 17.1 Å². The normalized spacial score (nSPS) is 15.8. The third kappa shape index (κ3) is 3.63. The molecule has 0 bridgehead atoms. The van der Waals surface area contributed by atoms with Crippen LogP contribution in [0.5, 0.6) is 0 Å². The molecule has 0 aliphatic carbocycles. The summed E-state index contributed by atoms with van der Waals surface area (Å²) in [5.74, 6) is 2.24. The minimum atomic E-state index is -0.177. The van der Waals surface area contributed by atoms with Crippen LogP contribution in [0.25, 0.3) is 10.9 Å². The molecule has 1 aliphatic heterocycles. The molecule has 0 unspecified atom stereocenters. The molecule has 4 rings (SSSR count). The summed E-state index contributed by atoms with van der Waals surface area (Å²) in [5, 5.41) is 4.99. The van der Waals surface area contributed by atoms with E-state index in [2.05, 4.69) is 39.8 Å². The molecular weight excluding hydrogens is 420 g/mol. The predicted molar refractivity (Wildman–Crippen MR) is 116 cm³/mol. The number of rotatable bonds is 5. The Hall–Kier alpha value is -2.41. The molecule has 7 heteroatoms. The minimum Gasteiger partial charge on any atom is -0.440 e. The fourth-order valence-electron chi connectivity index (χ4n) is 3.41. The molecule has 6 nitrogen and oxygen atoms in total. The number of anilines is 1. The van der Waals surface area contributed by atoms with Gasteiger partial charge in [-0.1, -0.05) is 29.8 Å². The quantitative estimate of drug-likeness (QED) is 0.534. The first kappa shape index (κ1) is 18.9. The Kier molecular flexibility index (Phi) is 5.35. The number of benzene rings is 1. The first-order valence-corrected chi connectivity index (χ1v) is 10.5. The van der Waals surface area contributed by atoms with E-state index in [4.69, 9.17) is 9.40 Å². The van der Waals surface area contributed by atoms with Crippen LogP contribution >= 0.6 is 15.9 Å². The van der Waals surface area contributed by atoms with E-state index < -0.39 is 0 Å². The highest BCUT2D eigenvalue weighted by Crippen LogP contribution is 2.23. The van der Waals surface area contributed by atoms with Gasteiger partial charge < -0.3 is 9.32 Å². The second kappa shape index (κ2) is 7.91. The van der Waals surface area contributed by atoms with Crippen molar-refractivity contribution in [2.24, 2.45) is 5.10 Å². The van der Waals surface area contributed by atoms with Gasteiger partial charge in [0.1, 0.15) is 11.6 Å². The van der Waals surface area contributed by atoms with E-state index in [0.29, 0.717) is 22.5 Å². The van der Waals surface area contributed by atoms with Crippen LogP contribution in [0.4, 0.5) is 5.88 Å². The molecule has 146 valence electrons. The molecule has 1 aliphatic rings. The van der Waals surface area contributed by atoms with Gasteiger partial charge in [0.2, 0.25) is 0 Å². The third-order valence-electron chi connectivity index (χ3n) is 5.22. The van der Waals surface area contributed by atoms with Crippen molar-refractivity contribution in [3.8, 4) is 0 Å². The average Bonchev–Trinajstić information content (AvgIpc) is 3.38. The maximum Gasteiger partial charge on any atom is 0.282 e. The van der Waals surface area contributed by atoms with Crippen LogP contribution < -0.4 is 10.5 Å². The summed E-state index contributed by atoms with van der Waals surface area (Å²) in [6, 6.07) is 9.38. The predicted octanol–water partition coefficient (Wildman–Crippen LogP) is 4.75. The molecule has 28 heavy (non-hydrogen) atoms. The van der Waals surface area contributed by atoms with Crippen LogP contribution in [0.1, 0.15) is 50.6 Å². The molecular formula is C21H23BrN4O2. The summed E-state index contributed by atoms with van der Waals surface area (Å²) in [4.78, 5) is 20.1. The van der Waals surface area contributed by atoms with Crippen molar-refractivity contribution in [3.05, 3.63) is 56.7 Å². The SMILES string of the molecule is CC[C@@H](C)c1nc2ccc(Br)cc2c(=O)n1N=Cc1ccc(N2CCCC2)o1. The summed E-state index contributed by atoms with van der Waals surface area (Å²) in [6.45, 7) is 6.17. The zero-order valence-electron chi connectivity index (χ0n) is 16.1. The smallest absolute Gasteiger partial charge is 0.282 e. The van der Waals surface area contributed by atoms with E-state index in [1.54, 1.807) is 12.3 Å². The van der Waals surface area contributed by atoms with Crippen molar-refractivity contribution < 1.29 is 4.42 Å². The Morgan fingerprint density at radius 3 is 2.82 bits per heavy atom. The lowest BCUT2D eigenvalue weighted by atomic mass is 10.1. The summed E-state index contributed by atoms with van der Waals surface area (Å²) >= 11 is 3.43. The lowest BCUT2D eigenvalue weighted by Gasteiger charge is -2.14. The largest absolute Gasteiger partial charge is 0.440 e. The molecule has 1 aromatic carbocycles. The highest BCUT2D eigenvalue weighted by molar-refractivity contribution is 9.10.